The van der Waals surface area contributed by atoms with Gasteiger partial charge < -0.3 is 9.84 Å². The molecule has 1 fully saturated rings. The molecule has 1 aliphatic carbocycles. The number of hydrogen-bond donors (Lipinski definition) is 1. The van der Waals surface area contributed by atoms with E-state index in [2.05, 4.69) is 4.74 Å². The maximum Gasteiger partial charge on any atom is 0.335 e. The number of halogens is 2. The molecule has 0 amide bonds. The quantitative estimate of drug-likeness (QED) is 0.708. The van der Waals surface area contributed by atoms with Crippen LogP contribution in [0.2, 0.25) is 0 Å². The lowest BCUT2D eigenvalue weighted by molar-refractivity contribution is -0.189. The van der Waals surface area contributed by atoms with E-state index >= 15 is 0 Å². The molecule has 1 rings (SSSR count). The average Bonchev–Trinajstić information content (AvgIpc) is 1.84. The second kappa shape index (κ2) is 2.97. The van der Waals surface area contributed by atoms with Gasteiger partial charge in [0.15, 0.2) is 5.60 Å². The summed E-state index contributed by atoms with van der Waals surface area (Å²) in [5.74, 6) is -1.97. The van der Waals surface area contributed by atoms with Crippen molar-refractivity contribution in [1.29, 1.82) is 0 Å². The maximum atomic E-state index is 12.0. The van der Waals surface area contributed by atoms with E-state index in [9.17, 15) is 13.6 Å². The Balaban J connectivity index is 2.52. The second-order valence-electron chi connectivity index (χ2n) is 3.01. The first-order valence-electron chi connectivity index (χ1n) is 3.58. The molecular weight excluding hydrogens is 170 g/mol. The molecule has 1 saturated carbocycles. The van der Waals surface area contributed by atoms with Crippen LogP contribution in [0.5, 0.6) is 0 Å². The second-order valence-corrected chi connectivity index (χ2v) is 3.01. The molecule has 0 aliphatic heterocycles. The number of carboxylic acids is 1. The van der Waals surface area contributed by atoms with Crippen LogP contribution in [0, 0.1) is 5.92 Å². The number of methoxy groups -OCH3 is 1. The SMILES string of the molecule is COC1(C(=O)O)CC(C(F)F)C1. The van der Waals surface area contributed by atoms with E-state index in [0.29, 0.717) is 0 Å². The Labute approximate surface area is 68.3 Å². The minimum absolute atomic E-state index is 0.0868. The summed E-state index contributed by atoms with van der Waals surface area (Å²) < 4.78 is 28.6. The van der Waals surface area contributed by atoms with Crippen LogP contribution in [-0.4, -0.2) is 30.2 Å². The van der Waals surface area contributed by atoms with Crippen molar-refractivity contribution in [2.75, 3.05) is 7.11 Å². The lowest BCUT2D eigenvalue weighted by atomic mass is 9.71. The van der Waals surface area contributed by atoms with Crippen molar-refractivity contribution >= 4 is 5.97 Å². The summed E-state index contributed by atoms with van der Waals surface area (Å²) in [6.07, 6.45) is -2.61. The van der Waals surface area contributed by atoms with Gasteiger partial charge in [-0.25, -0.2) is 13.6 Å². The highest BCUT2D eigenvalue weighted by molar-refractivity contribution is 5.78. The Morgan fingerprint density at radius 2 is 2.17 bits per heavy atom. The third-order valence-corrected chi connectivity index (χ3v) is 2.32. The predicted octanol–water partition coefficient (Wildman–Crippen LogP) is 1.13. The molecular formula is C7H10F2O3. The minimum atomic E-state index is -2.44. The highest BCUT2D eigenvalue weighted by Crippen LogP contribution is 2.43. The zero-order valence-corrected chi connectivity index (χ0v) is 6.59. The van der Waals surface area contributed by atoms with Crippen molar-refractivity contribution in [3.05, 3.63) is 0 Å². The molecule has 12 heavy (non-hydrogen) atoms. The lowest BCUT2D eigenvalue weighted by Gasteiger charge is -2.42. The molecule has 0 aromatic carbocycles. The Bertz CT molecular complexity index is 187. The summed E-state index contributed by atoms with van der Waals surface area (Å²) in [6.45, 7) is 0. The van der Waals surface area contributed by atoms with Gasteiger partial charge in [-0.1, -0.05) is 0 Å². The first-order chi connectivity index (χ1) is 5.52. The highest BCUT2D eigenvalue weighted by atomic mass is 19.3. The average molecular weight is 180 g/mol. The van der Waals surface area contributed by atoms with Gasteiger partial charge in [-0.05, 0) is 12.8 Å². The third-order valence-electron chi connectivity index (χ3n) is 2.32. The van der Waals surface area contributed by atoms with Gasteiger partial charge in [0.2, 0.25) is 6.43 Å². The van der Waals surface area contributed by atoms with Crippen LogP contribution in [0.4, 0.5) is 8.78 Å². The molecule has 0 bridgehead atoms. The zero-order valence-electron chi connectivity index (χ0n) is 6.59. The van der Waals surface area contributed by atoms with E-state index in [1.54, 1.807) is 0 Å². The Morgan fingerprint density at radius 3 is 2.42 bits per heavy atom. The monoisotopic (exact) mass is 180 g/mol. The standard InChI is InChI=1S/C7H10F2O3/c1-12-7(6(10)11)2-4(3-7)5(8)9/h4-5H,2-3H2,1H3,(H,10,11). The topological polar surface area (TPSA) is 46.5 Å². The number of ether oxygens (including phenoxy) is 1. The van der Waals surface area contributed by atoms with E-state index in [1.807, 2.05) is 0 Å². The fourth-order valence-corrected chi connectivity index (χ4v) is 1.39. The fourth-order valence-electron chi connectivity index (χ4n) is 1.39. The van der Waals surface area contributed by atoms with Gasteiger partial charge in [-0.15, -0.1) is 0 Å². The van der Waals surface area contributed by atoms with Crippen molar-refractivity contribution < 1.29 is 23.4 Å². The third kappa shape index (κ3) is 1.29. The predicted molar refractivity (Wildman–Crippen MR) is 36.1 cm³/mol. The molecule has 70 valence electrons. The summed E-state index contributed by atoms with van der Waals surface area (Å²) in [7, 11) is 1.23. The molecule has 0 aromatic heterocycles. The van der Waals surface area contributed by atoms with E-state index in [1.165, 1.54) is 7.11 Å². The van der Waals surface area contributed by atoms with Crippen LogP contribution in [0.15, 0.2) is 0 Å². The number of carbonyl (C=O) groups is 1. The molecule has 0 unspecified atom stereocenters. The van der Waals surface area contributed by atoms with Crippen LogP contribution in [-0.2, 0) is 9.53 Å². The number of alkyl halides is 2. The van der Waals surface area contributed by atoms with Crippen LogP contribution >= 0.6 is 0 Å². The Morgan fingerprint density at radius 1 is 1.67 bits per heavy atom. The number of rotatable bonds is 3. The molecule has 0 heterocycles. The summed E-state index contributed by atoms with van der Waals surface area (Å²) in [5.41, 5.74) is -1.35. The molecule has 0 radical (unpaired) electrons. The number of hydrogen-bond acceptors (Lipinski definition) is 2. The van der Waals surface area contributed by atoms with Crippen LogP contribution in [0.3, 0.4) is 0 Å². The molecule has 5 heteroatoms. The van der Waals surface area contributed by atoms with Crippen LogP contribution < -0.4 is 0 Å². The molecule has 0 aromatic rings. The van der Waals surface area contributed by atoms with Crippen LogP contribution in [0.1, 0.15) is 12.8 Å². The Hall–Kier alpha value is -0.710. The number of carboxylic acid groups (broad SMARTS) is 1. The summed E-state index contributed by atoms with van der Waals surface area (Å²) in [4.78, 5) is 10.5. The first kappa shape index (κ1) is 9.38. The normalized spacial score (nSPS) is 34.8. The van der Waals surface area contributed by atoms with Crippen molar-refractivity contribution in [2.24, 2.45) is 5.92 Å². The van der Waals surface area contributed by atoms with Gasteiger partial charge >= 0.3 is 5.97 Å². The summed E-state index contributed by atoms with van der Waals surface area (Å²) in [6, 6.07) is 0. The highest BCUT2D eigenvalue weighted by Gasteiger charge is 2.54. The fraction of sp³-hybridized carbons (Fsp3) is 0.857. The van der Waals surface area contributed by atoms with Gasteiger partial charge in [-0.2, -0.15) is 0 Å². The van der Waals surface area contributed by atoms with Crippen LogP contribution in [0.25, 0.3) is 0 Å². The maximum absolute atomic E-state index is 12.0. The van der Waals surface area contributed by atoms with Gasteiger partial charge in [0.25, 0.3) is 0 Å². The smallest absolute Gasteiger partial charge is 0.335 e. The lowest BCUT2D eigenvalue weighted by Crippen LogP contribution is -2.53. The molecule has 1 aliphatic rings. The molecule has 0 atom stereocenters. The van der Waals surface area contributed by atoms with Crippen molar-refractivity contribution in [2.45, 2.75) is 24.9 Å². The van der Waals surface area contributed by atoms with Gasteiger partial charge in [0, 0.05) is 13.0 Å². The molecule has 3 nitrogen and oxygen atoms in total. The van der Waals surface area contributed by atoms with E-state index < -0.39 is 23.9 Å². The molecule has 0 spiro atoms. The van der Waals surface area contributed by atoms with Gasteiger partial charge in [0.05, 0.1) is 0 Å². The van der Waals surface area contributed by atoms with Crippen molar-refractivity contribution in [1.82, 2.24) is 0 Å². The van der Waals surface area contributed by atoms with Crippen molar-refractivity contribution in [3.63, 3.8) is 0 Å². The summed E-state index contributed by atoms with van der Waals surface area (Å²) in [5, 5.41) is 8.61. The summed E-state index contributed by atoms with van der Waals surface area (Å²) >= 11 is 0. The zero-order chi connectivity index (χ0) is 9.35. The van der Waals surface area contributed by atoms with Gasteiger partial charge in [-0.3, -0.25) is 0 Å². The molecule has 0 saturated heterocycles. The first-order valence-corrected chi connectivity index (χ1v) is 3.58. The van der Waals surface area contributed by atoms with E-state index in [4.69, 9.17) is 5.11 Å². The largest absolute Gasteiger partial charge is 0.479 e. The number of aliphatic carboxylic acids is 1. The minimum Gasteiger partial charge on any atom is -0.479 e. The van der Waals surface area contributed by atoms with Crippen molar-refractivity contribution in [3.8, 4) is 0 Å². The molecule has 1 N–H and O–H groups in total. The van der Waals surface area contributed by atoms with E-state index in [0.717, 1.165) is 0 Å². The van der Waals surface area contributed by atoms with E-state index in [-0.39, 0.29) is 12.8 Å². The van der Waals surface area contributed by atoms with Gasteiger partial charge in [0.1, 0.15) is 0 Å². The Kier molecular flexibility index (Phi) is 2.32.